The minimum Gasteiger partial charge on any atom is -0.463 e. The summed E-state index contributed by atoms with van der Waals surface area (Å²) in [7, 11) is 0. The predicted octanol–water partition coefficient (Wildman–Crippen LogP) is 2.96. The summed E-state index contributed by atoms with van der Waals surface area (Å²) in [6.07, 6.45) is 4.79. The molecule has 0 radical (unpaired) electrons. The van der Waals surface area contributed by atoms with Crippen LogP contribution in [0, 0.1) is 6.92 Å². The Morgan fingerprint density at radius 2 is 1.87 bits per heavy atom. The Kier molecular flexibility index (Phi) is 4.65. The molecule has 2 heterocycles. The standard InChI is InChI=1S/C18H23N3O2/c1-14-13-21(16-9-5-3-6-10-16)19-17(14)23-15(2)18(22)20-11-7-4-8-12-20/h3,5-6,9-10,13,15H,4,7-8,11-12H2,1-2H3/t15-/m1/s1. The quantitative estimate of drug-likeness (QED) is 0.872. The zero-order valence-electron chi connectivity index (χ0n) is 13.7. The second kappa shape index (κ2) is 6.86. The van der Waals surface area contributed by atoms with E-state index in [1.807, 2.05) is 48.4 Å². The number of para-hydroxylation sites is 1. The van der Waals surface area contributed by atoms with E-state index < -0.39 is 6.10 Å². The van der Waals surface area contributed by atoms with Gasteiger partial charge in [-0.25, -0.2) is 4.68 Å². The maximum absolute atomic E-state index is 12.5. The number of likely N-dealkylation sites (tertiary alicyclic amines) is 1. The van der Waals surface area contributed by atoms with Crippen LogP contribution in [0.5, 0.6) is 5.88 Å². The van der Waals surface area contributed by atoms with E-state index in [-0.39, 0.29) is 5.91 Å². The summed E-state index contributed by atoms with van der Waals surface area (Å²) in [4.78, 5) is 14.4. The second-order valence-corrected chi connectivity index (χ2v) is 6.04. The smallest absolute Gasteiger partial charge is 0.263 e. The molecule has 1 amide bonds. The molecule has 0 bridgehead atoms. The lowest BCUT2D eigenvalue weighted by atomic mass is 10.1. The van der Waals surface area contributed by atoms with Crippen molar-refractivity contribution in [2.45, 2.75) is 39.2 Å². The molecule has 0 aliphatic carbocycles. The van der Waals surface area contributed by atoms with E-state index in [0.29, 0.717) is 5.88 Å². The van der Waals surface area contributed by atoms with Gasteiger partial charge in [0, 0.05) is 24.8 Å². The Hall–Kier alpha value is -2.30. The van der Waals surface area contributed by atoms with Gasteiger partial charge < -0.3 is 9.64 Å². The molecule has 0 saturated carbocycles. The molecule has 1 aliphatic heterocycles. The van der Waals surface area contributed by atoms with Crippen LogP contribution in [0.1, 0.15) is 31.7 Å². The maximum Gasteiger partial charge on any atom is 0.263 e. The van der Waals surface area contributed by atoms with Crippen LogP contribution in [0.15, 0.2) is 36.5 Å². The fourth-order valence-electron chi connectivity index (χ4n) is 2.86. The van der Waals surface area contributed by atoms with Crippen LogP contribution in [0.25, 0.3) is 5.69 Å². The Morgan fingerprint density at radius 1 is 1.17 bits per heavy atom. The molecular formula is C18H23N3O2. The Labute approximate surface area is 136 Å². The van der Waals surface area contributed by atoms with E-state index in [1.165, 1.54) is 6.42 Å². The molecule has 122 valence electrons. The van der Waals surface area contributed by atoms with Gasteiger partial charge in [0.25, 0.3) is 5.91 Å². The van der Waals surface area contributed by atoms with Crippen molar-refractivity contribution in [3.63, 3.8) is 0 Å². The highest BCUT2D eigenvalue weighted by atomic mass is 16.5. The highest BCUT2D eigenvalue weighted by Crippen LogP contribution is 2.20. The average Bonchev–Trinajstić information content (AvgIpc) is 2.96. The number of hydrogen-bond acceptors (Lipinski definition) is 3. The van der Waals surface area contributed by atoms with Gasteiger partial charge in [0.2, 0.25) is 5.88 Å². The lowest BCUT2D eigenvalue weighted by Crippen LogP contribution is -2.43. The van der Waals surface area contributed by atoms with Crippen molar-refractivity contribution in [2.75, 3.05) is 13.1 Å². The molecule has 2 aromatic rings. The van der Waals surface area contributed by atoms with Crippen molar-refractivity contribution in [1.29, 1.82) is 0 Å². The van der Waals surface area contributed by atoms with Gasteiger partial charge in [0.15, 0.2) is 6.10 Å². The third kappa shape index (κ3) is 3.55. The molecule has 5 nitrogen and oxygen atoms in total. The Bertz CT molecular complexity index is 660. The van der Waals surface area contributed by atoms with Crippen molar-refractivity contribution < 1.29 is 9.53 Å². The van der Waals surface area contributed by atoms with Crippen LogP contribution in [0.3, 0.4) is 0 Å². The molecule has 0 spiro atoms. The van der Waals surface area contributed by atoms with Crippen LogP contribution in [-0.4, -0.2) is 39.8 Å². The SMILES string of the molecule is Cc1cn(-c2ccccc2)nc1O[C@H](C)C(=O)N1CCCCC1. The second-order valence-electron chi connectivity index (χ2n) is 6.04. The van der Waals surface area contributed by atoms with Gasteiger partial charge in [-0.15, -0.1) is 5.10 Å². The first-order chi connectivity index (χ1) is 11.1. The number of hydrogen-bond donors (Lipinski definition) is 0. The zero-order chi connectivity index (χ0) is 16.2. The molecule has 1 atom stereocenters. The number of nitrogens with zero attached hydrogens (tertiary/aromatic N) is 3. The minimum absolute atomic E-state index is 0.0540. The normalized spacial score (nSPS) is 16.2. The van der Waals surface area contributed by atoms with Crippen molar-refractivity contribution in [3.05, 3.63) is 42.1 Å². The molecule has 1 fully saturated rings. The molecule has 3 rings (SSSR count). The summed E-state index contributed by atoms with van der Waals surface area (Å²) in [5.74, 6) is 0.574. The summed E-state index contributed by atoms with van der Waals surface area (Å²) < 4.78 is 7.62. The van der Waals surface area contributed by atoms with Gasteiger partial charge in [-0.05, 0) is 45.2 Å². The molecule has 1 aliphatic rings. The number of rotatable bonds is 4. The van der Waals surface area contributed by atoms with Gasteiger partial charge in [-0.3, -0.25) is 4.79 Å². The van der Waals surface area contributed by atoms with Gasteiger partial charge in [0.1, 0.15) is 0 Å². The predicted molar refractivity (Wildman–Crippen MR) is 88.8 cm³/mol. The number of piperidine rings is 1. The molecule has 5 heteroatoms. The van der Waals surface area contributed by atoms with Crippen LogP contribution < -0.4 is 4.74 Å². The third-order valence-electron chi connectivity index (χ3n) is 4.18. The van der Waals surface area contributed by atoms with E-state index in [9.17, 15) is 4.79 Å². The van der Waals surface area contributed by atoms with Crippen LogP contribution in [0.2, 0.25) is 0 Å². The van der Waals surface area contributed by atoms with Crippen molar-refractivity contribution >= 4 is 5.91 Å². The average molecular weight is 313 g/mol. The molecule has 0 N–H and O–H groups in total. The summed E-state index contributed by atoms with van der Waals surface area (Å²) in [6.45, 7) is 5.42. The Balaban J connectivity index is 1.70. The highest BCUT2D eigenvalue weighted by Gasteiger charge is 2.24. The van der Waals surface area contributed by atoms with Crippen LogP contribution >= 0.6 is 0 Å². The number of aryl methyl sites for hydroxylation is 1. The first-order valence-corrected chi connectivity index (χ1v) is 8.22. The number of ether oxygens (including phenoxy) is 1. The van der Waals surface area contributed by atoms with Crippen LogP contribution in [-0.2, 0) is 4.79 Å². The fourth-order valence-corrected chi connectivity index (χ4v) is 2.86. The number of aromatic nitrogens is 2. The van der Waals surface area contributed by atoms with E-state index in [0.717, 1.165) is 37.2 Å². The molecule has 1 saturated heterocycles. The van der Waals surface area contributed by atoms with E-state index in [4.69, 9.17) is 4.74 Å². The van der Waals surface area contributed by atoms with E-state index >= 15 is 0 Å². The zero-order valence-corrected chi connectivity index (χ0v) is 13.7. The molecular weight excluding hydrogens is 290 g/mol. The van der Waals surface area contributed by atoms with Crippen molar-refractivity contribution in [3.8, 4) is 11.6 Å². The maximum atomic E-state index is 12.5. The van der Waals surface area contributed by atoms with Gasteiger partial charge in [0.05, 0.1) is 5.69 Å². The monoisotopic (exact) mass is 313 g/mol. The number of amides is 1. The van der Waals surface area contributed by atoms with Gasteiger partial charge in [-0.2, -0.15) is 0 Å². The summed E-state index contributed by atoms with van der Waals surface area (Å²) >= 11 is 0. The fraction of sp³-hybridized carbons (Fsp3) is 0.444. The summed E-state index contributed by atoms with van der Waals surface area (Å²) in [5, 5.41) is 4.47. The molecule has 1 aromatic heterocycles. The van der Waals surface area contributed by atoms with E-state index in [1.54, 1.807) is 11.6 Å². The number of carbonyl (C=O) groups excluding carboxylic acids is 1. The van der Waals surface area contributed by atoms with Gasteiger partial charge >= 0.3 is 0 Å². The van der Waals surface area contributed by atoms with Crippen LogP contribution in [0.4, 0.5) is 0 Å². The number of benzene rings is 1. The largest absolute Gasteiger partial charge is 0.463 e. The lowest BCUT2D eigenvalue weighted by molar-refractivity contribution is -0.139. The minimum atomic E-state index is -0.508. The van der Waals surface area contributed by atoms with Gasteiger partial charge in [-0.1, -0.05) is 18.2 Å². The number of carbonyl (C=O) groups is 1. The first-order valence-electron chi connectivity index (χ1n) is 8.22. The summed E-state index contributed by atoms with van der Waals surface area (Å²) in [6, 6.07) is 9.87. The first kappa shape index (κ1) is 15.6. The Morgan fingerprint density at radius 3 is 2.57 bits per heavy atom. The lowest BCUT2D eigenvalue weighted by Gasteiger charge is -2.29. The van der Waals surface area contributed by atoms with Crippen molar-refractivity contribution in [1.82, 2.24) is 14.7 Å². The van der Waals surface area contributed by atoms with Crippen molar-refractivity contribution in [2.24, 2.45) is 0 Å². The molecule has 1 aromatic carbocycles. The third-order valence-corrected chi connectivity index (χ3v) is 4.18. The molecule has 23 heavy (non-hydrogen) atoms. The van der Waals surface area contributed by atoms with E-state index in [2.05, 4.69) is 5.10 Å². The highest BCUT2D eigenvalue weighted by molar-refractivity contribution is 5.81. The summed E-state index contributed by atoms with van der Waals surface area (Å²) in [5.41, 5.74) is 1.90. The molecule has 0 unspecified atom stereocenters. The topological polar surface area (TPSA) is 47.4 Å².